The third-order valence-corrected chi connectivity index (χ3v) is 2.74. The molecule has 0 bridgehead atoms. The van der Waals surface area contributed by atoms with E-state index in [0.29, 0.717) is 0 Å². The predicted molar refractivity (Wildman–Crippen MR) is 56.4 cm³/mol. The van der Waals surface area contributed by atoms with Gasteiger partial charge in [0.15, 0.2) is 6.29 Å². The maximum absolute atomic E-state index is 11.0. The van der Waals surface area contributed by atoms with Crippen molar-refractivity contribution in [3.8, 4) is 0 Å². The van der Waals surface area contributed by atoms with E-state index in [1.165, 1.54) is 0 Å². The van der Waals surface area contributed by atoms with Gasteiger partial charge in [0.2, 0.25) is 0 Å². The number of fused-ring (bicyclic) bond motifs is 3. The molecule has 3 rings (SSSR count). The number of allylic oxidation sites excluding steroid dienone is 1. The number of benzene rings is 1. The topological polar surface area (TPSA) is 22.0 Å². The van der Waals surface area contributed by atoms with Crippen molar-refractivity contribution in [2.45, 2.75) is 6.42 Å². The zero-order valence-corrected chi connectivity index (χ0v) is 7.60. The molecule has 2 nitrogen and oxygen atoms in total. The molecule has 0 atom stereocenters. The minimum Gasteiger partial charge on any atom is -0.320 e. The van der Waals surface area contributed by atoms with E-state index in [2.05, 4.69) is 10.6 Å². The smallest absolute Gasteiger partial charge is 0.152 e. The predicted octanol–water partition coefficient (Wildman–Crippen LogP) is 2.48. The first-order chi connectivity index (χ1) is 6.92. The number of hydrogen-bond acceptors (Lipinski definition) is 1. The summed E-state index contributed by atoms with van der Waals surface area (Å²) in [5.41, 5.74) is 3.07. The van der Waals surface area contributed by atoms with E-state index in [1.54, 1.807) is 0 Å². The second-order valence-corrected chi connectivity index (χ2v) is 3.45. The lowest BCUT2D eigenvalue weighted by Gasteiger charge is -1.95. The minimum atomic E-state index is 0.839. The van der Waals surface area contributed by atoms with Gasteiger partial charge in [-0.25, -0.2) is 0 Å². The van der Waals surface area contributed by atoms with E-state index in [0.717, 1.165) is 34.9 Å². The quantitative estimate of drug-likeness (QED) is 0.622. The second-order valence-electron chi connectivity index (χ2n) is 3.45. The molecule has 0 fully saturated rings. The van der Waals surface area contributed by atoms with Gasteiger partial charge in [0.25, 0.3) is 0 Å². The van der Waals surface area contributed by atoms with Crippen molar-refractivity contribution in [1.82, 2.24) is 4.57 Å². The number of rotatable bonds is 1. The number of nitrogens with zero attached hydrogens (tertiary/aromatic N) is 1. The van der Waals surface area contributed by atoms with E-state index in [-0.39, 0.29) is 0 Å². The van der Waals surface area contributed by atoms with Crippen LogP contribution in [0.2, 0.25) is 0 Å². The molecule has 14 heavy (non-hydrogen) atoms. The molecule has 0 unspecified atom stereocenters. The van der Waals surface area contributed by atoms with Crippen LogP contribution in [-0.4, -0.2) is 10.9 Å². The van der Waals surface area contributed by atoms with Crippen LogP contribution >= 0.6 is 0 Å². The molecule has 1 aliphatic heterocycles. The summed E-state index contributed by atoms with van der Waals surface area (Å²) in [7, 11) is 0. The molecule has 0 spiro atoms. The van der Waals surface area contributed by atoms with E-state index < -0.39 is 0 Å². The lowest BCUT2D eigenvalue weighted by molar-refractivity contribution is 0.112. The molecule has 2 heteroatoms. The Kier molecular flexibility index (Phi) is 1.39. The van der Waals surface area contributed by atoms with Crippen molar-refractivity contribution >= 4 is 23.4 Å². The molecule has 1 aromatic carbocycles. The maximum atomic E-state index is 11.0. The highest BCUT2D eigenvalue weighted by Crippen LogP contribution is 2.28. The molecule has 1 aromatic heterocycles. The van der Waals surface area contributed by atoms with E-state index in [1.807, 2.05) is 30.5 Å². The number of aldehydes is 1. The van der Waals surface area contributed by atoms with Gasteiger partial charge >= 0.3 is 0 Å². The lowest BCUT2D eigenvalue weighted by atomic mass is 10.1. The van der Waals surface area contributed by atoms with E-state index >= 15 is 0 Å². The average Bonchev–Trinajstić information content (AvgIpc) is 2.77. The normalized spacial score (nSPS) is 13.4. The number of para-hydroxylation sites is 1. The van der Waals surface area contributed by atoms with Gasteiger partial charge in [0.05, 0.1) is 5.52 Å². The number of aromatic nitrogens is 1. The van der Waals surface area contributed by atoms with Crippen molar-refractivity contribution < 1.29 is 4.79 Å². The van der Waals surface area contributed by atoms with Gasteiger partial charge in [0, 0.05) is 29.3 Å². The van der Waals surface area contributed by atoms with Crippen molar-refractivity contribution in [1.29, 1.82) is 0 Å². The largest absolute Gasteiger partial charge is 0.320 e. The minimum absolute atomic E-state index is 0.839. The Morgan fingerprint density at radius 3 is 3.00 bits per heavy atom. The third-order valence-electron chi connectivity index (χ3n) is 2.74. The number of carbonyl (C=O) groups is 1. The molecular weight excluding hydrogens is 174 g/mol. The van der Waals surface area contributed by atoms with Gasteiger partial charge in [-0.3, -0.25) is 4.79 Å². The molecule has 2 aromatic rings. The third kappa shape index (κ3) is 0.777. The summed E-state index contributed by atoms with van der Waals surface area (Å²) in [6, 6.07) is 8.00. The number of carbonyl (C=O) groups excluding carboxylic acids is 1. The summed E-state index contributed by atoms with van der Waals surface area (Å²) in [6.07, 6.45) is 5.93. The van der Waals surface area contributed by atoms with Gasteiger partial charge in [-0.1, -0.05) is 24.3 Å². The average molecular weight is 183 g/mol. The fourth-order valence-electron chi connectivity index (χ4n) is 2.12. The summed E-state index contributed by atoms with van der Waals surface area (Å²) in [5, 5.41) is 1.06. The standard InChI is InChI=1S/C12H9NO/c14-8-10-9-4-1-2-5-11(9)13-7-3-6-12(10)13/h1-5,7-8H,6H2. The highest BCUT2D eigenvalue weighted by atomic mass is 16.1. The molecule has 0 saturated heterocycles. The van der Waals surface area contributed by atoms with E-state index in [4.69, 9.17) is 0 Å². The lowest BCUT2D eigenvalue weighted by Crippen LogP contribution is -1.89. The SMILES string of the molecule is O=Cc1c2n(c3ccccc13)C=CC2. The van der Waals surface area contributed by atoms with Crippen LogP contribution in [0.5, 0.6) is 0 Å². The molecule has 68 valence electrons. The Morgan fingerprint density at radius 2 is 2.14 bits per heavy atom. The maximum Gasteiger partial charge on any atom is 0.152 e. The molecule has 0 saturated carbocycles. The van der Waals surface area contributed by atoms with Gasteiger partial charge in [0.1, 0.15) is 0 Å². The molecular formula is C12H9NO. The van der Waals surface area contributed by atoms with Crippen LogP contribution in [0.1, 0.15) is 16.1 Å². The van der Waals surface area contributed by atoms with Crippen LogP contribution in [0.3, 0.4) is 0 Å². The Morgan fingerprint density at radius 1 is 1.29 bits per heavy atom. The summed E-state index contributed by atoms with van der Waals surface area (Å²) in [4.78, 5) is 11.0. The Balaban J connectivity index is 2.53. The highest BCUT2D eigenvalue weighted by molar-refractivity contribution is 6.01. The van der Waals surface area contributed by atoms with Crippen LogP contribution in [-0.2, 0) is 6.42 Å². The summed E-state index contributed by atoms with van der Waals surface area (Å²) < 4.78 is 2.10. The molecule has 1 aliphatic rings. The van der Waals surface area contributed by atoms with Crippen LogP contribution in [0, 0.1) is 0 Å². The first-order valence-corrected chi connectivity index (χ1v) is 4.65. The summed E-state index contributed by atoms with van der Waals surface area (Å²) in [6.45, 7) is 0. The van der Waals surface area contributed by atoms with Crippen molar-refractivity contribution in [3.63, 3.8) is 0 Å². The van der Waals surface area contributed by atoms with Crippen LogP contribution in [0.15, 0.2) is 30.3 Å². The second kappa shape index (κ2) is 2.58. The first-order valence-electron chi connectivity index (χ1n) is 4.65. The molecule has 0 N–H and O–H groups in total. The monoisotopic (exact) mass is 183 g/mol. The van der Waals surface area contributed by atoms with E-state index in [9.17, 15) is 4.79 Å². The molecule has 0 amide bonds. The molecule has 2 heterocycles. The highest BCUT2D eigenvalue weighted by Gasteiger charge is 2.16. The number of hydrogen-bond donors (Lipinski definition) is 0. The fraction of sp³-hybridized carbons (Fsp3) is 0.0833. The Labute approximate surface area is 81.5 Å². The fourth-order valence-corrected chi connectivity index (χ4v) is 2.12. The zero-order valence-electron chi connectivity index (χ0n) is 7.60. The molecule has 0 radical (unpaired) electrons. The Bertz CT molecular complexity index is 534. The van der Waals surface area contributed by atoms with Crippen molar-refractivity contribution in [3.05, 3.63) is 41.6 Å². The van der Waals surface area contributed by atoms with Gasteiger partial charge in [-0.15, -0.1) is 0 Å². The van der Waals surface area contributed by atoms with Crippen molar-refractivity contribution in [2.24, 2.45) is 0 Å². The summed E-state index contributed by atoms with van der Waals surface area (Å²) in [5.74, 6) is 0. The first kappa shape index (κ1) is 7.56. The van der Waals surface area contributed by atoms with Crippen LogP contribution < -0.4 is 0 Å². The van der Waals surface area contributed by atoms with Gasteiger partial charge in [-0.2, -0.15) is 0 Å². The summed E-state index contributed by atoms with van der Waals surface area (Å²) >= 11 is 0. The van der Waals surface area contributed by atoms with Crippen LogP contribution in [0.25, 0.3) is 17.1 Å². The van der Waals surface area contributed by atoms with Gasteiger partial charge in [-0.05, 0) is 6.07 Å². The zero-order chi connectivity index (χ0) is 9.54. The Hall–Kier alpha value is -1.83. The molecule has 0 aliphatic carbocycles. The van der Waals surface area contributed by atoms with Crippen molar-refractivity contribution in [2.75, 3.05) is 0 Å². The van der Waals surface area contributed by atoms with Crippen LogP contribution in [0.4, 0.5) is 0 Å². The van der Waals surface area contributed by atoms with Gasteiger partial charge < -0.3 is 4.57 Å².